The molecule has 2 amide bonds. The minimum atomic E-state index is -3.73. The van der Waals surface area contributed by atoms with Crippen LogP contribution in [0.2, 0.25) is 0 Å². The first kappa shape index (κ1) is 19.4. The highest BCUT2D eigenvalue weighted by atomic mass is 32.2. The van der Waals surface area contributed by atoms with Crippen molar-refractivity contribution in [3.63, 3.8) is 0 Å². The fraction of sp³-hybridized carbons (Fsp3) is 0.250. The number of H-pyrrole nitrogens is 1. The number of alkyl halides is 1. The zero-order valence-corrected chi connectivity index (χ0v) is 16.3. The Morgan fingerprint density at radius 1 is 1.14 bits per heavy atom. The molecule has 0 unspecified atom stereocenters. The molecule has 1 aromatic heterocycles. The number of nitrogens with zero attached hydrogens (tertiary/aromatic N) is 1. The molecule has 0 spiro atoms. The lowest BCUT2D eigenvalue weighted by molar-refractivity contribution is 0.204. The number of nitrogens with one attached hydrogen (secondary N) is 3. The number of aromatic amines is 1. The number of hydrogen-bond acceptors (Lipinski definition) is 3. The van der Waals surface area contributed by atoms with E-state index in [9.17, 15) is 17.6 Å². The van der Waals surface area contributed by atoms with Gasteiger partial charge in [0.1, 0.15) is 6.17 Å². The van der Waals surface area contributed by atoms with E-state index >= 15 is 0 Å². The highest BCUT2D eigenvalue weighted by Gasteiger charge is 2.36. The Morgan fingerprint density at radius 2 is 1.86 bits per heavy atom. The van der Waals surface area contributed by atoms with Gasteiger partial charge in [0.05, 0.1) is 17.1 Å². The maximum absolute atomic E-state index is 14.1. The Morgan fingerprint density at radius 3 is 2.66 bits per heavy atom. The molecule has 7 nitrogen and oxygen atoms in total. The Hall–Kier alpha value is -2.91. The zero-order valence-electron chi connectivity index (χ0n) is 15.5. The van der Waals surface area contributed by atoms with Gasteiger partial charge >= 0.3 is 6.03 Å². The number of para-hydroxylation sites is 1. The molecule has 4 rings (SSSR count). The van der Waals surface area contributed by atoms with Gasteiger partial charge in [-0.1, -0.05) is 36.4 Å². The number of carbonyl (C=O) groups is 1. The lowest BCUT2D eigenvalue weighted by Gasteiger charge is -2.24. The minimum Gasteiger partial charge on any atom is -0.359 e. The van der Waals surface area contributed by atoms with E-state index < -0.39 is 28.3 Å². The van der Waals surface area contributed by atoms with E-state index in [1.165, 1.54) is 17.0 Å². The molecule has 1 fully saturated rings. The lowest BCUT2D eigenvalue weighted by Crippen LogP contribution is -2.44. The van der Waals surface area contributed by atoms with E-state index in [2.05, 4.69) is 15.0 Å². The van der Waals surface area contributed by atoms with Gasteiger partial charge in [0.15, 0.2) is 0 Å². The molecule has 3 N–H and O–H groups in total. The fourth-order valence-electron chi connectivity index (χ4n) is 3.55. The molecule has 9 heteroatoms. The largest absolute Gasteiger partial charge is 0.359 e. The number of rotatable bonds is 5. The number of anilines is 1. The summed E-state index contributed by atoms with van der Waals surface area (Å²) in [5.74, 6) is 0. The predicted octanol–water partition coefficient (Wildman–Crippen LogP) is 3.09. The van der Waals surface area contributed by atoms with Gasteiger partial charge in [-0.3, -0.25) is 0 Å². The quantitative estimate of drug-likeness (QED) is 0.597. The first-order valence-electron chi connectivity index (χ1n) is 9.26. The third kappa shape index (κ3) is 4.10. The monoisotopic (exact) mass is 416 g/mol. The highest BCUT2D eigenvalue weighted by molar-refractivity contribution is 7.89. The van der Waals surface area contributed by atoms with Crippen molar-refractivity contribution in [1.82, 2.24) is 14.6 Å². The number of urea groups is 1. The Kier molecular flexibility index (Phi) is 5.25. The molecule has 29 heavy (non-hydrogen) atoms. The Bertz CT molecular complexity index is 1120. The lowest BCUT2D eigenvalue weighted by atomic mass is 10.2. The van der Waals surface area contributed by atoms with Crippen LogP contribution >= 0.6 is 0 Å². The van der Waals surface area contributed by atoms with Crippen molar-refractivity contribution in [2.45, 2.75) is 23.5 Å². The second-order valence-corrected chi connectivity index (χ2v) is 8.75. The predicted molar refractivity (Wildman–Crippen MR) is 109 cm³/mol. The van der Waals surface area contributed by atoms with Crippen LogP contribution in [-0.4, -0.2) is 49.6 Å². The second-order valence-electron chi connectivity index (χ2n) is 6.98. The molecule has 2 heterocycles. The maximum atomic E-state index is 14.1. The molecule has 1 saturated heterocycles. The van der Waals surface area contributed by atoms with E-state index in [0.29, 0.717) is 5.69 Å². The van der Waals surface area contributed by atoms with Crippen LogP contribution < -0.4 is 10.0 Å². The summed E-state index contributed by atoms with van der Waals surface area (Å²) in [6.45, 7) is -0.134. The molecular formula is C20H21FN4O3S. The molecule has 0 saturated carbocycles. The van der Waals surface area contributed by atoms with E-state index in [1.807, 2.05) is 24.3 Å². The number of likely N-dealkylation sites (tertiary alicyclic amines) is 1. The van der Waals surface area contributed by atoms with Crippen molar-refractivity contribution >= 4 is 32.6 Å². The van der Waals surface area contributed by atoms with Gasteiger partial charge in [-0.15, -0.1) is 0 Å². The molecule has 2 aromatic carbocycles. The zero-order chi connectivity index (χ0) is 20.4. The van der Waals surface area contributed by atoms with Crippen LogP contribution in [0.15, 0.2) is 65.7 Å². The molecule has 2 atom stereocenters. The third-order valence-electron chi connectivity index (χ3n) is 5.02. The van der Waals surface area contributed by atoms with Crippen LogP contribution in [-0.2, 0) is 10.0 Å². The van der Waals surface area contributed by atoms with Crippen molar-refractivity contribution in [3.05, 3.63) is 60.8 Å². The number of amides is 2. The molecule has 0 aliphatic carbocycles. The van der Waals surface area contributed by atoms with Crippen molar-refractivity contribution in [2.75, 3.05) is 18.4 Å². The number of fused-ring (bicyclic) bond motifs is 1. The first-order valence-corrected chi connectivity index (χ1v) is 10.7. The molecule has 152 valence electrons. The number of halogens is 1. The summed E-state index contributed by atoms with van der Waals surface area (Å²) in [7, 11) is -3.73. The first-order chi connectivity index (χ1) is 13.9. The number of hydrogen-bond donors (Lipinski definition) is 3. The molecule has 0 bridgehead atoms. The summed E-state index contributed by atoms with van der Waals surface area (Å²) < 4.78 is 41.4. The summed E-state index contributed by atoms with van der Waals surface area (Å²) in [5, 5.41) is 3.64. The summed E-state index contributed by atoms with van der Waals surface area (Å²) in [4.78, 5) is 17.3. The van der Waals surface area contributed by atoms with E-state index in [4.69, 9.17) is 0 Å². The third-order valence-corrected chi connectivity index (χ3v) is 6.46. The Balaban J connectivity index is 1.45. The smallest absolute Gasteiger partial charge is 0.322 e. The maximum Gasteiger partial charge on any atom is 0.322 e. The SMILES string of the molecule is O=C(Nc1c[nH]c2ccccc12)N1C[C@H](F)C[C@H]1CNS(=O)(=O)c1ccccc1. The van der Waals surface area contributed by atoms with Crippen LogP contribution in [0.3, 0.4) is 0 Å². The van der Waals surface area contributed by atoms with Gasteiger partial charge in [0.25, 0.3) is 0 Å². The van der Waals surface area contributed by atoms with Gasteiger partial charge < -0.3 is 15.2 Å². The number of aromatic nitrogens is 1. The highest BCUT2D eigenvalue weighted by Crippen LogP contribution is 2.25. The van der Waals surface area contributed by atoms with Crippen molar-refractivity contribution in [3.8, 4) is 0 Å². The van der Waals surface area contributed by atoms with Crippen LogP contribution in [0.5, 0.6) is 0 Å². The average Bonchev–Trinajstić information content (AvgIpc) is 3.31. The molecule has 0 radical (unpaired) electrons. The van der Waals surface area contributed by atoms with E-state index in [1.54, 1.807) is 24.4 Å². The minimum absolute atomic E-state index is 0.0566. The summed E-state index contributed by atoms with van der Waals surface area (Å²) in [5.41, 5.74) is 1.47. The van der Waals surface area contributed by atoms with Gasteiger partial charge in [0, 0.05) is 36.1 Å². The van der Waals surface area contributed by atoms with Crippen LogP contribution in [0.1, 0.15) is 6.42 Å². The number of benzene rings is 2. The van der Waals surface area contributed by atoms with Crippen molar-refractivity contribution in [1.29, 1.82) is 0 Å². The van der Waals surface area contributed by atoms with Crippen molar-refractivity contribution in [2.24, 2.45) is 0 Å². The van der Waals surface area contributed by atoms with Gasteiger partial charge in [-0.25, -0.2) is 22.3 Å². The summed E-state index contributed by atoms with van der Waals surface area (Å²) in [6, 6.07) is 14.4. The fourth-order valence-corrected chi connectivity index (χ4v) is 4.65. The van der Waals surface area contributed by atoms with Crippen LogP contribution in [0.25, 0.3) is 10.9 Å². The standard InChI is InChI=1S/C20H21FN4O3S/c21-14-10-15(11-23-29(27,28)16-6-2-1-3-7-16)25(13-14)20(26)24-19-12-22-18-9-5-4-8-17(18)19/h1-9,12,14-15,22-23H,10-11,13H2,(H,24,26)/t14-,15+/m1/s1. The Labute approximate surface area is 168 Å². The van der Waals surface area contributed by atoms with Gasteiger partial charge in [0.2, 0.25) is 10.0 Å². The summed E-state index contributed by atoms with van der Waals surface area (Å²) in [6.07, 6.45) is 0.562. The van der Waals surface area contributed by atoms with Crippen LogP contribution in [0, 0.1) is 0 Å². The number of carbonyl (C=O) groups excluding carboxylic acids is 1. The normalized spacial score (nSPS) is 19.6. The summed E-state index contributed by atoms with van der Waals surface area (Å²) >= 11 is 0. The topological polar surface area (TPSA) is 94.3 Å². The van der Waals surface area contributed by atoms with Gasteiger partial charge in [-0.05, 0) is 18.2 Å². The van der Waals surface area contributed by atoms with E-state index in [0.717, 1.165) is 10.9 Å². The van der Waals surface area contributed by atoms with E-state index in [-0.39, 0.29) is 24.4 Å². The van der Waals surface area contributed by atoms with Crippen LogP contribution in [0.4, 0.5) is 14.9 Å². The average molecular weight is 416 g/mol. The molecule has 1 aliphatic heterocycles. The molecule has 3 aromatic rings. The van der Waals surface area contributed by atoms with Crippen molar-refractivity contribution < 1.29 is 17.6 Å². The molecular weight excluding hydrogens is 395 g/mol. The number of sulfonamides is 1. The van der Waals surface area contributed by atoms with Gasteiger partial charge in [-0.2, -0.15) is 0 Å². The molecule has 1 aliphatic rings. The second kappa shape index (κ2) is 7.84.